The molecule has 1 fully saturated rings. The number of nitrogens with one attached hydrogen (secondary N) is 3. The van der Waals surface area contributed by atoms with Gasteiger partial charge in [-0.2, -0.15) is 0 Å². The summed E-state index contributed by atoms with van der Waals surface area (Å²) in [5, 5.41) is 10.3. The topological polar surface area (TPSA) is 109 Å². The molecule has 142 valence electrons. The molecular formula is C18H20N4O4S. The summed E-state index contributed by atoms with van der Waals surface area (Å²) in [5.74, 6) is 0.200. The summed E-state index contributed by atoms with van der Waals surface area (Å²) >= 11 is 1.25. The summed E-state index contributed by atoms with van der Waals surface area (Å²) < 4.78 is 5.10. The van der Waals surface area contributed by atoms with Crippen LogP contribution in [0.4, 0.5) is 5.13 Å². The molecule has 8 nitrogen and oxygen atoms in total. The third-order valence-electron chi connectivity index (χ3n) is 4.08. The van der Waals surface area contributed by atoms with Gasteiger partial charge in [0.15, 0.2) is 5.13 Å². The van der Waals surface area contributed by atoms with Crippen LogP contribution in [0.25, 0.3) is 0 Å². The number of hydrogen-bond acceptors (Lipinski definition) is 6. The largest absolute Gasteiger partial charge is 0.497 e. The molecule has 1 aromatic heterocycles. The molecule has 0 spiro atoms. The summed E-state index contributed by atoms with van der Waals surface area (Å²) in [5.41, 5.74) is 1.55. The van der Waals surface area contributed by atoms with Crippen LogP contribution in [0.5, 0.6) is 5.75 Å². The van der Waals surface area contributed by atoms with Crippen molar-refractivity contribution in [3.63, 3.8) is 0 Å². The van der Waals surface area contributed by atoms with Gasteiger partial charge in [0.1, 0.15) is 11.8 Å². The number of anilines is 1. The van der Waals surface area contributed by atoms with Gasteiger partial charge in [-0.15, -0.1) is 11.3 Å². The molecule has 1 saturated heterocycles. The first-order chi connectivity index (χ1) is 13.0. The first kappa shape index (κ1) is 18.8. The molecule has 3 N–H and O–H groups in total. The van der Waals surface area contributed by atoms with E-state index >= 15 is 0 Å². The van der Waals surface area contributed by atoms with Crippen LogP contribution in [-0.4, -0.2) is 35.9 Å². The van der Waals surface area contributed by atoms with Crippen LogP contribution >= 0.6 is 11.3 Å². The minimum Gasteiger partial charge on any atom is -0.497 e. The van der Waals surface area contributed by atoms with E-state index in [1.54, 1.807) is 12.5 Å². The summed E-state index contributed by atoms with van der Waals surface area (Å²) in [6.07, 6.45) is 0.967. The highest BCUT2D eigenvalue weighted by Gasteiger charge is 2.27. The number of carbonyl (C=O) groups is 3. The number of rotatable bonds is 7. The molecule has 0 bridgehead atoms. The van der Waals surface area contributed by atoms with Crippen molar-refractivity contribution in [2.24, 2.45) is 0 Å². The Balaban J connectivity index is 1.45. The van der Waals surface area contributed by atoms with Crippen LogP contribution in [0.2, 0.25) is 0 Å². The van der Waals surface area contributed by atoms with E-state index in [-0.39, 0.29) is 24.1 Å². The molecule has 1 aliphatic rings. The van der Waals surface area contributed by atoms with Crippen molar-refractivity contribution in [3.05, 3.63) is 40.9 Å². The van der Waals surface area contributed by atoms with E-state index in [0.717, 1.165) is 11.3 Å². The van der Waals surface area contributed by atoms with Crippen LogP contribution in [0, 0.1) is 0 Å². The normalized spacial score (nSPS) is 15.9. The fraction of sp³-hybridized carbons (Fsp3) is 0.333. The molecule has 2 heterocycles. The zero-order valence-corrected chi connectivity index (χ0v) is 15.6. The van der Waals surface area contributed by atoms with Crippen LogP contribution in [0.1, 0.15) is 24.1 Å². The van der Waals surface area contributed by atoms with Crippen LogP contribution in [0.3, 0.4) is 0 Å². The Morgan fingerprint density at radius 3 is 2.78 bits per heavy atom. The molecule has 1 aromatic carbocycles. The molecule has 1 atom stereocenters. The third-order valence-corrected chi connectivity index (χ3v) is 4.89. The Hall–Kier alpha value is -2.94. The van der Waals surface area contributed by atoms with Gasteiger partial charge in [-0.3, -0.25) is 14.4 Å². The van der Waals surface area contributed by atoms with E-state index in [0.29, 0.717) is 30.2 Å². The molecule has 3 amide bonds. The van der Waals surface area contributed by atoms with Crippen molar-refractivity contribution >= 4 is 34.2 Å². The van der Waals surface area contributed by atoms with Crippen molar-refractivity contribution in [1.29, 1.82) is 0 Å². The zero-order valence-electron chi connectivity index (χ0n) is 14.8. The summed E-state index contributed by atoms with van der Waals surface area (Å²) in [4.78, 5) is 39.6. The molecule has 0 radical (unpaired) electrons. The highest BCUT2D eigenvalue weighted by molar-refractivity contribution is 7.13. The third kappa shape index (κ3) is 5.27. The molecule has 9 heteroatoms. The second-order valence-electron chi connectivity index (χ2n) is 6.09. The molecule has 2 aromatic rings. The second-order valence-corrected chi connectivity index (χ2v) is 6.95. The lowest BCUT2D eigenvalue weighted by molar-refractivity contribution is -0.122. The van der Waals surface area contributed by atoms with Crippen molar-refractivity contribution in [1.82, 2.24) is 15.6 Å². The van der Waals surface area contributed by atoms with Crippen LogP contribution < -0.4 is 20.7 Å². The maximum absolute atomic E-state index is 12.1. The van der Waals surface area contributed by atoms with E-state index in [1.165, 1.54) is 11.3 Å². The van der Waals surface area contributed by atoms with Crippen molar-refractivity contribution in [3.8, 4) is 5.75 Å². The number of ether oxygens (including phenoxy) is 1. The van der Waals surface area contributed by atoms with Gasteiger partial charge in [-0.25, -0.2) is 4.98 Å². The van der Waals surface area contributed by atoms with Crippen molar-refractivity contribution < 1.29 is 19.1 Å². The molecule has 27 heavy (non-hydrogen) atoms. The number of thiazole rings is 1. The molecule has 0 aliphatic carbocycles. The van der Waals surface area contributed by atoms with E-state index < -0.39 is 6.04 Å². The Kier molecular flexibility index (Phi) is 6.02. The lowest BCUT2D eigenvalue weighted by Crippen LogP contribution is -2.37. The highest BCUT2D eigenvalue weighted by atomic mass is 32.1. The standard InChI is InChI=1S/C18H20N4O4S/c1-26-13-4-2-11(3-5-13)9-19-16(24)8-12-10-27-18(20-12)22-17(25)14-6-7-15(23)21-14/h2-5,10,14H,6-9H2,1H3,(H,19,24)(H,21,23)(H,20,22,25). The van der Waals surface area contributed by atoms with Crippen LogP contribution in [0.15, 0.2) is 29.6 Å². The maximum Gasteiger partial charge on any atom is 0.248 e. The van der Waals surface area contributed by atoms with Crippen molar-refractivity contribution in [2.45, 2.75) is 31.8 Å². The quantitative estimate of drug-likeness (QED) is 0.661. The predicted octanol–water partition coefficient (Wildman–Crippen LogP) is 1.23. The minimum atomic E-state index is -0.516. The van der Waals surface area contributed by atoms with E-state index in [1.807, 2.05) is 24.3 Å². The minimum absolute atomic E-state index is 0.122. The summed E-state index contributed by atoms with van der Waals surface area (Å²) in [7, 11) is 1.60. The Labute approximate surface area is 160 Å². The van der Waals surface area contributed by atoms with Gasteiger partial charge >= 0.3 is 0 Å². The number of aromatic nitrogens is 1. The lowest BCUT2D eigenvalue weighted by Gasteiger charge is -2.08. The van der Waals surface area contributed by atoms with Gasteiger partial charge in [0, 0.05) is 18.3 Å². The van der Waals surface area contributed by atoms with E-state index in [4.69, 9.17) is 4.74 Å². The monoisotopic (exact) mass is 388 g/mol. The average molecular weight is 388 g/mol. The number of nitrogens with zero attached hydrogens (tertiary/aromatic N) is 1. The van der Waals surface area contributed by atoms with Crippen molar-refractivity contribution in [2.75, 3.05) is 12.4 Å². The predicted molar refractivity (Wildman–Crippen MR) is 100 cm³/mol. The number of benzene rings is 1. The smallest absolute Gasteiger partial charge is 0.248 e. The lowest BCUT2D eigenvalue weighted by atomic mass is 10.2. The number of amides is 3. The number of carbonyl (C=O) groups excluding carboxylic acids is 3. The maximum atomic E-state index is 12.1. The van der Waals surface area contributed by atoms with Gasteiger partial charge in [-0.1, -0.05) is 12.1 Å². The highest BCUT2D eigenvalue weighted by Crippen LogP contribution is 2.17. The number of hydrogen-bond donors (Lipinski definition) is 3. The first-order valence-corrected chi connectivity index (χ1v) is 9.35. The molecular weight excluding hydrogens is 368 g/mol. The average Bonchev–Trinajstić information content (AvgIpc) is 3.29. The Bertz CT molecular complexity index is 834. The summed E-state index contributed by atoms with van der Waals surface area (Å²) in [6.45, 7) is 0.415. The first-order valence-electron chi connectivity index (χ1n) is 8.48. The SMILES string of the molecule is COc1ccc(CNC(=O)Cc2csc(NC(=O)C3CCC(=O)N3)n2)cc1. The molecule has 0 saturated carbocycles. The van der Waals surface area contributed by atoms with Crippen LogP contribution in [-0.2, 0) is 27.3 Å². The zero-order chi connectivity index (χ0) is 19.2. The van der Waals surface area contributed by atoms with Gasteiger partial charge in [0.2, 0.25) is 17.7 Å². The van der Waals surface area contributed by atoms with E-state index in [9.17, 15) is 14.4 Å². The Morgan fingerprint density at radius 2 is 2.11 bits per heavy atom. The van der Waals surface area contributed by atoms with Gasteiger partial charge in [0.25, 0.3) is 0 Å². The molecule has 3 rings (SSSR count). The van der Waals surface area contributed by atoms with Gasteiger partial charge < -0.3 is 20.7 Å². The van der Waals surface area contributed by atoms with E-state index in [2.05, 4.69) is 20.9 Å². The molecule has 1 unspecified atom stereocenters. The summed E-state index contributed by atoms with van der Waals surface area (Å²) in [6, 6.07) is 6.93. The second kappa shape index (κ2) is 8.63. The van der Waals surface area contributed by atoms with Gasteiger partial charge in [0.05, 0.1) is 19.2 Å². The number of methoxy groups -OCH3 is 1. The fourth-order valence-corrected chi connectivity index (χ4v) is 3.33. The molecule has 1 aliphatic heterocycles. The van der Waals surface area contributed by atoms with Gasteiger partial charge in [-0.05, 0) is 24.1 Å². The Morgan fingerprint density at radius 1 is 1.33 bits per heavy atom. The fourth-order valence-electron chi connectivity index (χ4n) is 2.62.